The molecule has 0 rings (SSSR count). The first-order chi connectivity index (χ1) is 6.75. The molecule has 0 bridgehead atoms. The minimum absolute atomic E-state index is 0.375. The second-order valence-corrected chi connectivity index (χ2v) is 2.93. The van der Waals surface area contributed by atoms with Crippen LogP contribution in [0.3, 0.4) is 0 Å². The van der Waals surface area contributed by atoms with E-state index in [1.54, 1.807) is 0 Å². The van der Waals surface area contributed by atoms with E-state index >= 15 is 0 Å². The minimum atomic E-state index is -1.80. The highest BCUT2D eigenvalue weighted by atomic mass is 17.2. The molecule has 0 aromatic rings. The van der Waals surface area contributed by atoms with Crippen LogP contribution in [0.25, 0.3) is 0 Å². The highest BCUT2D eigenvalue weighted by Gasteiger charge is 2.01. The van der Waals surface area contributed by atoms with Crippen LogP contribution < -0.4 is 0 Å². The molecule has 0 aromatic carbocycles. The molecule has 0 aliphatic heterocycles. The zero-order valence-corrected chi connectivity index (χ0v) is 9.09. The minimum Gasteiger partial charge on any atom is -0.447 e. The van der Waals surface area contributed by atoms with Crippen molar-refractivity contribution in [2.75, 3.05) is 0 Å². The first-order valence-corrected chi connectivity index (χ1v) is 4.21. The maximum absolute atomic E-state index is 9.29. The van der Waals surface area contributed by atoms with Gasteiger partial charge < -0.3 is 14.9 Å². The molecule has 7 nitrogen and oxygen atoms in total. The Balaban J connectivity index is 0. The Morgan fingerprint density at radius 1 is 0.867 bits per heavy atom. The molecule has 0 radical (unpaired) electrons. The number of ether oxygens (including phenoxy) is 1. The van der Waals surface area contributed by atoms with E-state index < -0.39 is 12.3 Å². The first-order valence-electron chi connectivity index (χ1n) is 4.21. The van der Waals surface area contributed by atoms with Crippen molar-refractivity contribution < 1.29 is 34.3 Å². The van der Waals surface area contributed by atoms with Crippen LogP contribution in [-0.2, 0) is 14.5 Å². The van der Waals surface area contributed by atoms with E-state index in [9.17, 15) is 9.59 Å². The van der Waals surface area contributed by atoms with Gasteiger partial charge in [0, 0.05) is 0 Å². The molecule has 0 saturated heterocycles. The van der Waals surface area contributed by atoms with Crippen LogP contribution >= 0.6 is 0 Å². The lowest BCUT2D eigenvalue weighted by molar-refractivity contribution is -0.208. The molecule has 0 aliphatic carbocycles. The van der Waals surface area contributed by atoms with E-state index in [-0.39, 0.29) is 0 Å². The van der Waals surface area contributed by atoms with Gasteiger partial charge in [-0.05, 0) is 27.7 Å². The number of hydrogen-bond acceptors (Lipinski definition) is 5. The van der Waals surface area contributed by atoms with E-state index in [1.165, 1.54) is 0 Å². The summed E-state index contributed by atoms with van der Waals surface area (Å²) in [7, 11) is 0. The average Bonchev–Trinajstić information content (AvgIpc) is 1.99. The Kier molecular flexibility index (Phi) is 9.65. The highest BCUT2D eigenvalue weighted by molar-refractivity contribution is 5.60. The average molecular weight is 224 g/mol. The summed E-state index contributed by atoms with van der Waals surface area (Å²) in [4.78, 5) is 24.8. The van der Waals surface area contributed by atoms with E-state index in [2.05, 4.69) is 9.78 Å². The van der Waals surface area contributed by atoms with Crippen molar-refractivity contribution in [1.82, 2.24) is 0 Å². The molecule has 0 heterocycles. The zero-order chi connectivity index (χ0) is 12.4. The van der Waals surface area contributed by atoms with Gasteiger partial charge >= 0.3 is 12.3 Å². The van der Waals surface area contributed by atoms with Crippen molar-refractivity contribution in [2.24, 2.45) is 0 Å². The van der Waals surface area contributed by atoms with Crippen LogP contribution in [0.1, 0.15) is 27.7 Å². The summed E-state index contributed by atoms with van der Waals surface area (Å²) in [5.74, 6) is 0. The molecule has 15 heavy (non-hydrogen) atoms. The predicted octanol–water partition coefficient (Wildman–Crippen LogP) is 2.11. The van der Waals surface area contributed by atoms with Crippen LogP contribution in [0, 0.1) is 0 Å². The molecule has 2 N–H and O–H groups in total. The SMILES string of the molecule is CC(C)OC(C)C.O=C(O)OOC(=O)O. The Labute approximate surface area is 87.5 Å². The lowest BCUT2D eigenvalue weighted by atomic mass is 10.4. The van der Waals surface area contributed by atoms with Crippen LogP contribution in [-0.4, -0.2) is 34.7 Å². The number of carboxylic acid groups (broad SMARTS) is 2. The maximum atomic E-state index is 9.29. The summed E-state index contributed by atoms with van der Waals surface area (Å²) in [5.41, 5.74) is 0. The number of rotatable bonds is 2. The van der Waals surface area contributed by atoms with Gasteiger partial charge in [0.25, 0.3) is 0 Å². The molecule has 0 saturated carbocycles. The largest absolute Gasteiger partial charge is 0.547 e. The van der Waals surface area contributed by atoms with E-state index in [1.807, 2.05) is 27.7 Å². The fourth-order valence-corrected chi connectivity index (χ4v) is 0.616. The van der Waals surface area contributed by atoms with Crippen molar-refractivity contribution in [3.05, 3.63) is 0 Å². The van der Waals surface area contributed by atoms with Gasteiger partial charge in [-0.2, -0.15) is 0 Å². The first kappa shape index (κ1) is 15.9. The van der Waals surface area contributed by atoms with Crippen LogP contribution in [0.2, 0.25) is 0 Å². The van der Waals surface area contributed by atoms with Crippen molar-refractivity contribution in [1.29, 1.82) is 0 Å². The van der Waals surface area contributed by atoms with Gasteiger partial charge in [0.1, 0.15) is 0 Å². The third kappa shape index (κ3) is 24.5. The van der Waals surface area contributed by atoms with Gasteiger partial charge in [0.15, 0.2) is 0 Å². The zero-order valence-electron chi connectivity index (χ0n) is 9.09. The van der Waals surface area contributed by atoms with Crippen molar-refractivity contribution >= 4 is 12.3 Å². The van der Waals surface area contributed by atoms with E-state index in [4.69, 9.17) is 14.9 Å². The summed E-state index contributed by atoms with van der Waals surface area (Å²) in [6.45, 7) is 8.17. The third-order valence-electron chi connectivity index (χ3n) is 0.729. The molecule has 0 aliphatic rings. The summed E-state index contributed by atoms with van der Waals surface area (Å²) in [5, 5.41) is 15.1. The summed E-state index contributed by atoms with van der Waals surface area (Å²) in [6, 6.07) is 0. The summed E-state index contributed by atoms with van der Waals surface area (Å²) in [6.07, 6.45) is -2.85. The highest BCUT2D eigenvalue weighted by Crippen LogP contribution is 1.93. The standard InChI is InChI=1S/C6H14O.C2H2O6/c1-5(2)7-6(3)4;3-1(4)7-8-2(5)6/h5-6H,1-4H3;(H,3,4)(H,5,6). The van der Waals surface area contributed by atoms with Gasteiger partial charge in [-0.1, -0.05) is 0 Å². The molecule has 7 heteroatoms. The summed E-state index contributed by atoms with van der Waals surface area (Å²) < 4.78 is 5.25. The van der Waals surface area contributed by atoms with Crippen LogP contribution in [0.4, 0.5) is 9.59 Å². The molecule has 0 fully saturated rings. The second-order valence-electron chi connectivity index (χ2n) is 2.93. The van der Waals surface area contributed by atoms with Crippen molar-refractivity contribution in [3.63, 3.8) is 0 Å². The summed E-state index contributed by atoms with van der Waals surface area (Å²) >= 11 is 0. The molecular weight excluding hydrogens is 208 g/mol. The van der Waals surface area contributed by atoms with Gasteiger partial charge in [0.05, 0.1) is 12.2 Å². The van der Waals surface area contributed by atoms with Crippen molar-refractivity contribution in [3.8, 4) is 0 Å². The smallest absolute Gasteiger partial charge is 0.447 e. The lowest BCUT2D eigenvalue weighted by Gasteiger charge is -2.09. The Morgan fingerprint density at radius 2 is 1.13 bits per heavy atom. The number of hydrogen-bond donors (Lipinski definition) is 2. The second kappa shape index (κ2) is 9.07. The third-order valence-corrected chi connectivity index (χ3v) is 0.729. The fraction of sp³-hybridized carbons (Fsp3) is 0.750. The Bertz CT molecular complexity index is 167. The van der Waals surface area contributed by atoms with Gasteiger partial charge in [-0.15, -0.1) is 0 Å². The van der Waals surface area contributed by atoms with Gasteiger partial charge in [-0.25, -0.2) is 19.4 Å². The van der Waals surface area contributed by atoms with Crippen LogP contribution in [0.15, 0.2) is 0 Å². The monoisotopic (exact) mass is 224 g/mol. The van der Waals surface area contributed by atoms with Gasteiger partial charge in [-0.3, -0.25) is 0 Å². The van der Waals surface area contributed by atoms with Crippen molar-refractivity contribution in [2.45, 2.75) is 39.9 Å². The normalized spacial score (nSPS) is 9.20. The Hall–Kier alpha value is -1.50. The van der Waals surface area contributed by atoms with Crippen LogP contribution in [0.5, 0.6) is 0 Å². The van der Waals surface area contributed by atoms with E-state index in [0.29, 0.717) is 12.2 Å². The van der Waals surface area contributed by atoms with E-state index in [0.717, 1.165) is 0 Å². The predicted molar refractivity (Wildman–Crippen MR) is 49.6 cm³/mol. The maximum Gasteiger partial charge on any atom is 0.547 e. The molecule has 0 spiro atoms. The Morgan fingerprint density at radius 3 is 1.20 bits per heavy atom. The molecule has 0 atom stereocenters. The molecule has 0 aromatic heterocycles. The van der Waals surface area contributed by atoms with Gasteiger partial charge in [0.2, 0.25) is 0 Å². The molecule has 0 unspecified atom stereocenters. The fourth-order valence-electron chi connectivity index (χ4n) is 0.616. The number of carbonyl (C=O) groups is 2. The molecule has 90 valence electrons. The molecule has 0 amide bonds. The quantitative estimate of drug-likeness (QED) is 0.546. The molecular formula is C8H16O7. The lowest BCUT2D eigenvalue weighted by Crippen LogP contribution is -2.09. The topological polar surface area (TPSA) is 102 Å².